The van der Waals surface area contributed by atoms with Gasteiger partial charge in [-0.05, 0) is 53.8 Å². The van der Waals surface area contributed by atoms with Gasteiger partial charge in [-0.3, -0.25) is 4.98 Å². The molecule has 1 aromatic heterocycles. The van der Waals surface area contributed by atoms with Gasteiger partial charge >= 0.3 is 0 Å². The fraction of sp³-hybridized carbons (Fsp3) is 0.179. The topological polar surface area (TPSA) is 59.1 Å². The SMILES string of the molecule is O=S(=O)(c1ccc(CNCc2ccccn2)cc1)C(Cc1ccccc1)Cc1ccccc1. The summed E-state index contributed by atoms with van der Waals surface area (Å²) >= 11 is 0. The molecular formula is C28H28N2O2S. The quantitative estimate of drug-likeness (QED) is 0.365. The van der Waals surface area contributed by atoms with Crippen LogP contribution in [-0.2, 0) is 35.8 Å². The summed E-state index contributed by atoms with van der Waals surface area (Å²) in [6.07, 6.45) is 2.73. The highest BCUT2D eigenvalue weighted by Gasteiger charge is 2.28. The average Bonchev–Trinajstić information content (AvgIpc) is 2.86. The van der Waals surface area contributed by atoms with Crippen LogP contribution in [0.2, 0.25) is 0 Å². The lowest BCUT2D eigenvalue weighted by Gasteiger charge is -2.19. The van der Waals surface area contributed by atoms with E-state index in [9.17, 15) is 8.42 Å². The molecular weight excluding hydrogens is 428 g/mol. The number of nitrogens with one attached hydrogen (secondary N) is 1. The highest BCUT2D eigenvalue weighted by molar-refractivity contribution is 7.92. The molecule has 0 radical (unpaired) electrons. The van der Waals surface area contributed by atoms with Crippen molar-refractivity contribution in [3.05, 3.63) is 132 Å². The van der Waals surface area contributed by atoms with Crippen molar-refractivity contribution in [2.24, 2.45) is 0 Å². The van der Waals surface area contributed by atoms with E-state index < -0.39 is 15.1 Å². The molecule has 3 aromatic carbocycles. The number of pyridine rings is 1. The minimum absolute atomic E-state index is 0.368. The van der Waals surface area contributed by atoms with Gasteiger partial charge in [0.15, 0.2) is 9.84 Å². The highest BCUT2D eigenvalue weighted by Crippen LogP contribution is 2.23. The van der Waals surface area contributed by atoms with E-state index in [-0.39, 0.29) is 0 Å². The first-order valence-corrected chi connectivity index (χ1v) is 12.7. The molecule has 168 valence electrons. The lowest BCUT2D eigenvalue weighted by atomic mass is 10.0. The van der Waals surface area contributed by atoms with Crippen LogP contribution in [0.4, 0.5) is 0 Å². The third-order valence-corrected chi connectivity index (χ3v) is 7.80. The Morgan fingerprint density at radius 3 is 1.76 bits per heavy atom. The van der Waals surface area contributed by atoms with Crippen LogP contribution in [0.1, 0.15) is 22.4 Å². The third-order valence-electron chi connectivity index (χ3n) is 5.66. The first-order valence-electron chi connectivity index (χ1n) is 11.1. The lowest BCUT2D eigenvalue weighted by Crippen LogP contribution is -2.26. The summed E-state index contributed by atoms with van der Waals surface area (Å²) < 4.78 is 27.3. The van der Waals surface area contributed by atoms with Gasteiger partial charge in [0.05, 0.1) is 15.8 Å². The van der Waals surface area contributed by atoms with Crippen LogP contribution in [0.25, 0.3) is 0 Å². The molecule has 0 fully saturated rings. The summed E-state index contributed by atoms with van der Waals surface area (Å²) in [4.78, 5) is 4.67. The van der Waals surface area contributed by atoms with E-state index >= 15 is 0 Å². The number of hydrogen-bond acceptors (Lipinski definition) is 4. The second kappa shape index (κ2) is 11.0. The van der Waals surface area contributed by atoms with E-state index in [2.05, 4.69) is 10.3 Å². The van der Waals surface area contributed by atoms with Gasteiger partial charge in [-0.15, -0.1) is 0 Å². The zero-order chi connectivity index (χ0) is 22.9. The average molecular weight is 457 g/mol. The molecule has 0 amide bonds. The van der Waals surface area contributed by atoms with E-state index in [0.29, 0.717) is 30.8 Å². The van der Waals surface area contributed by atoms with E-state index in [4.69, 9.17) is 0 Å². The van der Waals surface area contributed by atoms with Gasteiger partial charge in [-0.25, -0.2) is 8.42 Å². The number of sulfone groups is 1. The van der Waals surface area contributed by atoms with E-state index in [0.717, 1.165) is 22.4 Å². The van der Waals surface area contributed by atoms with Crippen molar-refractivity contribution in [2.75, 3.05) is 0 Å². The summed E-state index contributed by atoms with van der Waals surface area (Å²) in [5, 5.41) is 2.82. The van der Waals surface area contributed by atoms with Crippen molar-refractivity contribution in [2.45, 2.75) is 36.1 Å². The molecule has 0 saturated carbocycles. The van der Waals surface area contributed by atoms with Gasteiger partial charge in [-0.2, -0.15) is 0 Å². The molecule has 0 aliphatic heterocycles. The Hall–Kier alpha value is -3.28. The fourth-order valence-corrected chi connectivity index (χ4v) is 5.60. The largest absolute Gasteiger partial charge is 0.307 e. The van der Waals surface area contributed by atoms with E-state index in [1.807, 2.05) is 91.0 Å². The van der Waals surface area contributed by atoms with Crippen LogP contribution >= 0.6 is 0 Å². The van der Waals surface area contributed by atoms with Gasteiger partial charge in [0.25, 0.3) is 0 Å². The van der Waals surface area contributed by atoms with Crippen molar-refractivity contribution in [1.29, 1.82) is 0 Å². The fourth-order valence-electron chi connectivity index (χ4n) is 3.87. The number of hydrogen-bond donors (Lipinski definition) is 1. The molecule has 1 N–H and O–H groups in total. The van der Waals surface area contributed by atoms with Crippen molar-refractivity contribution in [3.63, 3.8) is 0 Å². The van der Waals surface area contributed by atoms with E-state index in [1.165, 1.54) is 0 Å². The Kier molecular flexibility index (Phi) is 7.66. The molecule has 0 saturated heterocycles. The number of nitrogens with zero attached hydrogens (tertiary/aromatic N) is 1. The zero-order valence-corrected chi connectivity index (χ0v) is 19.3. The summed E-state index contributed by atoms with van der Waals surface area (Å²) in [6, 6.07) is 32.7. The van der Waals surface area contributed by atoms with Gasteiger partial charge in [0, 0.05) is 19.3 Å². The molecule has 1 heterocycles. The summed E-state index contributed by atoms with van der Waals surface area (Å²) in [5.74, 6) is 0. The maximum absolute atomic E-state index is 13.6. The maximum Gasteiger partial charge on any atom is 0.181 e. The minimum atomic E-state index is -3.51. The molecule has 0 atom stereocenters. The predicted octanol–water partition coefficient (Wildman–Crippen LogP) is 5.00. The highest BCUT2D eigenvalue weighted by atomic mass is 32.2. The number of rotatable bonds is 10. The first-order chi connectivity index (χ1) is 16.1. The van der Waals surface area contributed by atoms with Crippen LogP contribution in [0, 0.1) is 0 Å². The minimum Gasteiger partial charge on any atom is -0.307 e. The molecule has 5 heteroatoms. The van der Waals surface area contributed by atoms with Crippen molar-refractivity contribution in [3.8, 4) is 0 Å². The van der Waals surface area contributed by atoms with Gasteiger partial charge in [-0.1, -0.05) is 78.9 Å². The molecule has 0 spiro atoms. The summed E-state index contributed by atoms with van der Waals surface area (Å²) in [6.45, 7) is 1.31. The second-order valence-electron chi connectivity index (χ2n) is 8.12. The van der Waals surface area contributed by atoms with Crippen LogP contribution in [0.3, 0.4) is 0 Å². The smallest absolute Gasteiger partial charge is 0.181 e. The van der Waals surface area contributed by atoms with Crippen LogP contribution in [-0.4, -0.2) is 18.7 Å². The van der Waals surface area contributed by atoms with Gasteiger partial charge in [0.1, 0.15) is 0 Å². The Bertz CT molecular complexity index is 1190. The third kappa shape index (κ3) is 6.37. The molecule has 0 bridgehead atoms. The molecule has 0 aliphatic rings. The molecule has 33 heavy (non-hydrogen) atoms. The van der Waals surface area contributed by atoms with Crippen LogP contribution in [0.15, 0.2) is 114 Å². The van der Waals surface area contributed by atoms with E-state index in [1.54, 1.807) is 18.3 Å². The summed E-state index contributed by atoms with van der Waals surface area (Å²) in [7, 11) is -3.51. The predicted molar refractivity (Wildman–Crippen MR) is 132 cm³/mol. The molecule has 0 aliphatic carbocycles. The summed E-state index contributed by atoms with van der Waals surface area (Å²) in [5.41, 5.74) is 4.06. The Balaban J connectivity index is 1.48. The van der Waals surface area contributed by atoms with Crippen molar-refractivity contribution in [1.82, 2.24) is 10.3 Å². The normalized spacial score (nSPS) is 11.5. The van der Waals surface area contributed by atoms with Gasteiger partial charge in [0.2, 0.25) is 0 Å². The second-order valence-corrected chi connectivity index (χ2v) is 10.3. The molecule has 0 unspecified atom stereocenters. The zero-order valence-electron chi connectivity index (χ0n) is 18.5. The molecule has 4 nitrogen and oxygen atoms in total. The number of aromatic nitrogens is 1. The van der Waals surface area contributed by atoms with Gasteiger partial charge < -0.3 is 5.32 Å². The maximum atomic E-state index is 13.6. The Morgan fingerprint density at radius 2 is 1.21 bits per heavy atom. The first kappa shape index (κ1) is 22.9. The standard InChI is InChI=1S/C28H28N2O2S/c31-33(32,27-16-14-25(15-17-27)21-29-22-26-13-7-8-18-30-26)28(19-23-9-3-1-4-10-23)20-24-11-5-2-6-12-24/h1-18,28-29H,19-22H2. The van der Waals surface area contributed by atoms with Crippen molar-refractivity contribution < 1.29 is 8.42 Å². The Labute approximate surface area is 196 Å². The van der Waals surface area contributed by atoms with Crippen LogP contribution < -0.4 is 5.32 Å². The van der Waals surface area contributed by atoms with Crippen LogP contribution in [0.5, 0.6) is 0 Å². The molecule has 4 rings (SSSR count). The molecule has 4 aromatic rings. The Morgan fingerprint density at radius 1 is 0.636 bits per heavy atom. The monoisotopic (exact) mass is 456 g/mol. The number of benzene rings is 3. The lowest BCUT2D eigenvalue weighted by molar-refractivity contribution is 0.576. The van der Waals surface area contributed by atoms with Crippen molar-refractivity contribution >= 4 is 9.84 Å².